The molecule has 2 rings (SSSR count). The molecule has 126 valence electrons. The molecule has 0 heterocycles. The first kappa shape index (κ1) is 18.2. The molecule has 0 atom stereocenters. The summed E-state index contributed by atoms with van der Waals surface area (Å²) in [6.45, 7) is 1.98. The Labute approximate surface area is 143 Å². The van der Waals surface area contributed by atoms with E-state index in [1.165, 1.54) is 0 Å². The van der Waals surface area contributed by atoms with E-state index in [0.29, 0.717) is 39.3 Å². The maximum Gasteiger partial charge on any atom is 0.108 e. The number of nitriles is 1. The summed E-state index contributed by atoms with van der Waals surface area (Å²) in [4.78, 5) is 0. The molecule has 0 aliphatic carbocycles. The SMILES string of the molecule is N#CC(N)(CCOCc1ccccc1)CCOCc1ccccc1. The Hall–Kier alpha value is -2.19. The van der Waals surface area contributed by atoms with Crippen molar-refractivity contribution in [2.45, 2.75) is 31.6 Å². The Kier molecular flexibility index (Phi) is 7.44. The van der Waals surface area contributed by atoms with Gasteiger partial charge in [-0.3, -0.25) is 0 Å². The van der Waals surface area contributed by atoms with Crippen molar-refractivity contribution in [2.24, 2.45) is 5.73 Å². The summed E-state index contributed by atoms with van der Waals surface area (Å²) >= 11 is 0. The maximum absolute atomic E-state index is 9.33. The highest BCUT2D eigenvalue weighted by atomic mass is 16.5. The van der Waals surface area contributed by atoms with E-state index >= 15 is 0 Å². The fraction of sp³-hybridized carbons (Fsp3) is 0.350. The molecular formula is C20H24N2O2. The van der Waals surface area contributed by atoms with Crippen LogP contribution in [-0.2, 0) is 22.7 Å². The first-order valence-electron chi connectivity index (χ1n) is 8.15. The van der Waals surface area contributed by atoms with Gasteiger partial charge >= 0.3 is 0 Å². The van der Waals surface area contributed by atoms with E-state index in [4.69, 9.17) is 15.2 Å². The molecule has 0 aliphatic heterocycles. The largest absolute Gasteiger partial charge is 0.377 e. The van der Waals surface area contributed by atoms with E-state index in [0.717, 1.165) is 11.1 Å². The van der Waals surface area contributed by atoms with E-state index in [1.54, 1.807) is 0 Å². The van der Waals surface area contributed by atoms with Gasteiger partial charge in [0.1, 0.15) is 5.54 Å². The zero-order chi connectivity index (χ0) is 17.1. The van der Waals surface area contributed by atoms with Crippen LogP contribution in [0.3, 0.4) is 0 Å². The first-order chi connectivity index (χ1) is 11.7. The summed E-state index contributed by atoms with van der Waals surface area (Å²) < 4.78 is 11.2. The molecule has 0 amide bonds. The molecule has 2 aromatic rings. The quantitative estimate of drug-likeness (QED) is 0.680. The van der Waals surface area contributed by atoms with Crippen LogP contribution in [0.25, 0.3) is 0 Å². The summed E-state index contributed by atoms with van der Waals surface area (Å²) in [6.07, 6.45) is 0.982. The van der Waals surface area contributed by atoms with Crippen LogP contribution in [0.2, 0.25) is 0 Å². The van der Waals surface area contributed by atoms with Crippen molar-refractivity contribution in [3.05, 3.63) is 71.8 Å². The van der Waals surface area contributed by atoms with Crippen molar-refractivity contribution < 1.29 is 9.47 Å². The molecule has 2 aromatic carbocycles. The highest BCUT2D eigenvalue weighted by Gasteiger charge is 2.24. The number of ether oxygens (including phenoxy) is 2. The molecule has 0 unspecified atom stereocenters. The molecule has 0 bridgehead atoms. The molecule has 0 aromatic heterocycles. The lowest BCUT2D eigenvalue weighted by molar-refractivity contribution is 0.0861. The van der Waals surface area contributed by atoms with Crippen molar-refractivity contribution in [2.75, 3.05) is 13.2 Å². The van der Waals surface area contributed by atoms with Gasteiger partial charge in [0.25, 0.3) is 0 Å². The highest BCUT2D eigenvalue weighted by molar-refractivity contribution is 5.14. The van der Waals surface area contributed by atoms with Crippen molar-refractivity contribution in [3.63, 3.8) is 0 Å². The zero-order valence-electron chi connectivity index (χ0n) is 13.9. The van der Waals surface area contributed by atoms with Crippen LogP contribution in [-0.4, -0.2) is 18.8 Å². The van der Waals surface area contributed by atoms with Gasteiger partial charge in [0, 0.05) is 26.1 Å². The van der Waals surface area contributed by atoms with E-state index in [9.17, 15) is 5.26 Å². The molecule has 4 heteroatoms. The number of rotatable bonds is 10. The highest BCUT2D eigenvalue weighted by Crippen LogP contribution is 2.13. The van der Waals surface area contributed by atoms with Crippen molar-refractivity contribution in [1.82, 2.24) is 0 Å². The average molecular weight is 324 g/mol. The summed E-state index contributed by atoms with van der Waals surface area (Å²) in [5, 5.41) is 9.33. The third-order valence-electron chi connectivity index (χ3n) is 3.83. The van der Waals surface area contributed by atoms with Crippen LogP contribution in [0.1, 0.15) is 24.0 Å². The number of nitrogens with two attached hydrogens (primary N) is 1. The lowest BCUT2D eigenvalue weighted by Gasteiger charge is -2.21. The lowest BCUT2D eigenvalue weighted by Crippen LogP contribution is -2.40. The Morgan fingerprint density at radius 2 is 1.21 bits per heavy atom. The average Bonchev–Trinajstić information content (AvgIpc) is 2.64. The molecular weight excluding hydrogens is 300 g/mol. The summed E-state index contributed by atoms with van der Waals surface area (Å²) in [5.74, 6) is 0. The Morgan fingerprint density at radius 1 is 0.792 bits per heavy atom. The van der Waals surface area contributed by atoms with Gasteiger partial charge < -0.3 is 15.2 Å². The minimum absolute atomic E-state index is 0.456. The topological polar surface area (TPSA) is 68.3 Å². The van der Waals surface area contributed by atoms with E-state index in [-0.39, 0.29) is 0 Å². The minimum Gasteiger partial charge on any atom is -0.377 e. The van der Waals surface area contributed by atoms with E-state index < -0.39 is 5.54 Å². The second kappa shape index (κ2) is 9.84. The smallest absolute Gasteiger partial charge is 0.108 e. The number of hydrogen-bond donors (Lipinski definition) is 1. The van der Waals surface area contributed by atoms with Gasteiger partial charge in [-0.1, -0.05) is 60.7 Å². The fourth-order valence-corrected chi connectivity index (χ4v) is 2.27. The van der Waals surface area contributed by atoms with Gasteiger partial charge in [-0.15, -0.1) is 0 Å². The maximum atomic E-state index is 9.33. The van der Waals surface area contributed by atoms with Crippen molar-refractivity contribution in [3.8, 4) is 6.07 Å². The second-order valence-corrected chi connectivity index (χ2v) is 5.84. The van der Waals surface area contributed by atoms with Gasteiger partial charge in [0.2, 0.25) is 0 Å². The van der Waals surface area contributed by atoms with Gasteiger partial charge in [0.05, 0.1) is 19.3 Å². The molecule has 0 fully saturated rings. The van der Waals surface area contributed by atoms with Crippen LogP contribution < -0.4 is 5.73 Å². The molecule has 4 nitrogen and oxygen atoms in total. The molecule has 24 heavy (non-hydrogen) atoms. The van der Waals surface area contributed by atoms with Crippen LogP contribution >= 0.6 is 0 Å². The predicted molar refractivity (Wildman–Crippen MR) is 94.0 cm³/mol. The van der Waals surface area contributed by atoms with E-state index in [1.807, 2.05) is 60.7 Å². The summed E-state index contributed by atoms with van der Waals surface area (Å²) in [5.41, 5.74) is 7.45. The minimum atomic E-state index is -0.909. The summed E-state index contributed by atoms with van der Waals surface area (Å²) in [6, 6.07) is 22.1. The fourth-order valence-electron chi connectivity index (χ4n) is 2.27. The zero-order valence-corrected chi connectivity index (χ0v) is 13.9. The molecule has 2 N–H and O–H groups in total. The predicted octanol–water partition coefficient (Wildman–Crippen LogP) is 3.42. The van der Waals surface area contributed by atoms with Gasteiger partial charge in [-0.2, -0.15) is 5.26 Å². The lowest BCUT2D eigenvalue weighted by atomic mass is 9.95. The normalized spacial score (nSPS) is 11.2. The molecule has 0 spiro atoms. The van der Waals surface area contributed by atoms with E-state index in [2.05, 4.69) is 6.07 Å². The molecule has 0 saturated heterocycles. The third kappa shape index (κ3) is 6.51. The van der Waals surface area contributed by atoms with Crippen LogP contribution in [0.4, 0.5) is 0 Å². The van der Waals surface area contributed by atoms with Crippen molar-refractivity contribution >= 4 is 0 Å². The third-order valence-corrected chi connectivity index (χ3v) is 3.83. The first-order valence-corrected chi connectivity index (χ1v) is 8.15. The standard InChI is InChI=1S/C20H24N2O2/c21-17-20(22,11-13-23-15-18-7-3-1-4-8-18)12-14-24-16-19-9-5-2-6-10-19/h1-10H,11-16,22H2. The van der Waals surface area contributed by atoms with Crippen LogP contribution in [0, 0.1) is 11.3 Å². The summed E-state index contributed by atoms with van der Waals surface area (Å²) in [7, 11) is 0. The Bertz CT molecular complexity index is 576. The number of benzene rings is 2. The Morgan fingerprint density at radius 3 is 1.58 bits per heavy atom. The van der Waals surface area contributed by atoms with Crippen molar-refractivity contribution in [1.29, 1.82) is 5.26 Å². The monoisotopic (exact) mass is 324 g/mol. The van der Waals surface area contributed by atoms with Gasteiger partial charge in [-0.05, 0) is 11.1 Å². The molecule has 0 radical (unpaired) electrons. The second-order valence-electron chi connectivity index (χ2n) is 5.84. The Balaban J connectivity index is 1.64. The van der Waals surface area contributed by atoms with Gasteiger partial charge in [-0.25, -0.2) is 0 Å². The number of hydrogen-bond acceptors (Lipinski definition) is 4. The molecule has 0 aliphatic rings. The van der Waals surface area contributed by atoms with Gasteiger partial charge in [0.15, 0.2) is 0 Å². The molecule has 0 saturated carbocycles. The number of nitrogens with zero attached hydrogens (tertiary/aromatic N) is 1. The van der Waals surface area contributed by atoms with Crippen LogP contribution in [0.15, 0.2) is 60.7 Å². The van der Waals surface area contributed by atoms with Crippen LogP contribution in [0.5, 0.6) is 0 Å².